The number of carbonyl (C=O) groups excluding carboxylic acids is 1. The summed E-state index contributed by atoms with van der Waals surface area (Å²) >= 11 is 0. The molecule has 10 heteroatoms. The molecule has 0 aliphatic carbocycles. The summed E-state index contributed by atoms with van der Waals surface area (Å²) in [6.07, 6.45) is 1.35. The summed E-state index contributed by atoms with van der Waals surface area (Å²) in [6.45, 7) is 2.99. The van der Waals surface area contributed by atoms with Crippen molar-refractivity contribution in [2.45, 2.75) is 25.8 Å². The van der Waals surface area contributed by atoms with Crippen LogP contribution < -0.4 is 19.7 Å². The van der Waals surface area contributed by atoms with Crippen LogP contribution in [0.5, 0.6) is 11.5 Å². The lowest BCUT2D eigenvalue weighted by molar-refractivity contribution is 0.177. The highest BCUT2D eigenvalue weighted by atomic mass is 32.2. The number of ether oxygens (including phenoxy) is 2. The van der Waals surface area contributed by atoms with Gasteiger partial charge in [-0.05, 0) is 42.7 Å². The van der Waals surface area contributed by atoms with Crippen LogP contribution in [0.25, 0.3) is 0 Å². The Morgan fingerprint density at radius 1 is 1.09 bits per heavy atom. The Balaban J connectivity index is 1.78. The number of carbonyl (C=O) groups is 1. The molecule has 2 aliphatic heterocycles. The lowest BCUT2D eigenvalue weighted by atomic mass is 9.93. The zero-order valence-electron chi connectivity index (χ0n) is 20.6. The molecule has 2 heterocycles. The summed E-state index contributed by atoms with van der Waals surface area (Å²) < 4.78 is 34.7. The van der Waals surface area contributed by atoms with Crippen LogP contribution in [0.3, 0.4) is 0 Å². The number of urea groups is 1. The second kappa shape index (κ2) is 10.2. The minimum atomic E-state index is -2.95. The molecule has 1 saturated heterocycles. The van der Waals surface area contributed by atoms with Crippen molar-refractivity contribution in [3.8, 4) is 11.5 Å². The van der Waals surface area contributed by atoms with Gasteiger partial charge in [0, 0.05) is 37.0 Å². The summed E-state index contributed by atoms with van der Waals surface area (Å²) in [4.78, 5) is 14.9. The van der Waals surface area contributed by atoms with Crippen LogP contribution in [0.1, 0.15) is 30.0 Å². The lowest BCUT2D eigenvalue weighted by Gasteiger charge is -2.29. The molecule has 0 saturated carbocycles. The lowest BCUT2D eigenvalue weighted by Crippen LogP contribution is -2.42. The van der Waals surface area contributed by atoms with E-state index in [1.807, 2.05) is 43.3 Å². The molecular weight excluding hydrogens is 468 g/mol. The van der Waals surface area contributed by atoms with E-state index in [1.165, 1.54) is 5.01 Å². The van der Waals surface area contributed by atoms with Crippen LogP contribution in [0.15, 0.2) is 41.5 Å². The van der Waals surface area contributed by atoms with E-state index in [-0.39, 0.29) is 23.6 Å². The number of sulfone groups is 1. The first-order valence-corrected chi connectivity index (χ1v) is 13.5. The smallest absolute Gasteiger partial charge is 0.337 e. The van der Waals surface area contributed by atoms with Crippen LogP contribution in [0.4, 0.5) is 10.5 Å². The predicted molar refractivity (Wildman–Crippen MR) is 137 cm³/mol. The fraction of sp³-hybridized carbons (Fsp3) is 0.440. The Bertz CT molecular complexity index is 1210. The van der Waals surface area contributed by atoms with Gasteiger partial charge in [-0.3, -0.25) is 0 Å². The molecule has 2 amide bonds. The normalized spacial score (nSPS) is 19.3. The number of methoxy groups -OCH3 is 2. The number of amides is 2. The van der Waals surface area contributed by atoms with E-state index in [9.17, 15) is 13.2 Å². The predicted octanol–water partition coefficient (Wildman–Crippen LogP) is 2.67. The maximum atomic E-state index is 12.8. The fourth-order valence-corrected chi connectivity index (χ4v) is 5.75. The molecule has 2 aromatic rings. The van der Waals surface area contributed by atoms with Crippen molar-refractivity contribution in [2.24, 2.45) is 5.10 Å². The fourth-order valence-electron chi connectivity index (χ4n) is 4.55. The summed E-state index contributed by atoms with van der Waals surface area (Å²) in [5.41, 5.74) is 4.36. The van der Waals surface area contributed by atoms with Gasteiger partial charge in [-0.15, -0.1) is 0 Å². The maximum absolute atomic E-state index is 12.8. The van der Waals surface area contributed by atoms with Crippen LogP contribution in [-0.2, 0) is 16.3 Å². The number of fused-ring (bicyclic) bond motifs is 1. The SMILES string of the molecule is CCC1Cc2cc(OC)c(OC)cc2C(c2ccc(N3CCS(=O)(=O)CC3)cc2)=NN1C(=O)NC. The summed E-state index contributed by atoms with van der Waals surface area (Å²) in [6, 6.07) is 11.4. The molecule has 0 radical (unpaired) electrons. The number of anilines is 1. The molecule has 2 aromatic carbocycles. The van der Waals surface area contributed by atoms with Crippen molar-refractivity contribution in [1.29, 1.82) is 0 Å². The molecular formula is C25H32N4O5S. The minimum absolute atomic E-state index is 0.126. The third kappa shape index (κ3) is 5.07. The van der Waals surface area contributed by atoms with E-state index in [2.05, 4.69) is 10.2 Å². The second-order valence-electron chi connectivity index (χ2n) is 8.66. The summed E-state index contributed by atoms with van der Waals surface area (Å²) in [5.74, 6) is 1.54. The zero-order chi connectivity index (χ0) is 25.2. The van der Waals surface area contributed by atoms with Gasteiger partial charge >= 0.3 is 6.03 Å². The van der Waals surface area contributed by atoms with Crippen molar-refractivity contribution in [2.75, 3.05) is 50.8 Å². The van der Waals surface area contributed by atoms with Gasteiger partial charge in [0.05, 0.1) is 37.5 Å². The number of hydrogen-bond donors (Lipinski definition) is 1. The van der Waals surface area contributed by atoms with Crippen molar-refractivity contribution in [3.63, 3.8) is 0 Å². The first-order valence-electron chi connectivity index (χ1n) is 11.7. The zero-order valence-corrected chi connectivity index (χ0v) is 21.4. The number of nitrogens with zero attached hydrogens (tertiary/aromatic N) is 3. The first-order chi connectivity index (χ1) is 16.8. The molecule has 1 unspecified atom stereocenters. The molecule has 1 fully saturated rings. The third-order valence-corrected chi connectivity index (χ3v) is 8.23. The van der Waals surface area contributed by atoms with Gasteiger partial charge in [-0.2, -0.15) is 5.10 Å². The van der Waals surface area contributed by atoms with Crippen LogP contribution in [0, 0.1) is 0 Å². The van der Waals surface area contributed by atoms with Crippen LogP contribution in [-0.4, -0.2) is 77.1 Å². The number of rotatable bonds is 5. The van der Waals surface area contributed by atoms with E-state index in [0.29, 0.717) is 36.7 Å². The van der Waals surface area contributed by atoms with Gasteiger partial charge in [-0.1, -0.05) is 19.1 Å². The molecule has 2 aliphatic rings. The van der Waals surface area contributed by atoms with E-state index in [1.54, 1.807) is 21.3 Å². The van der Waals surface area contributed by atoms with Gasteiger partial charge in [0.2, 0.25) is 0 Å². The maximum Gasteiger partial charge on any atom is 0.337 e. The monoisotopic (exact) mass is 500 g/mol. The van der Waals surface area contributed by atoms with Crippen LogP contribution >= 0.6 is 0 Å². The molecule has 0 bridgehead atoms. The van der Waals surface area contributed by atoms with Crippen molar-refractivity contribution in [1.82, 2.24) is 10.3 Å². The molecule has 35 heavy (non-hydrogen) atoms. The highest BCUT2D eigenvalue weighted by Crippen LogP contribution is 2.35. The number of nitrogens with one attached hydrogen (secondary N) is 1. The largest absolute Gasteiger partial charge is 0.493 e. The molecule has 9 nitrogen and oxygen atoms in total. The Morgan fingerprint density at radius 3 is 2.29 bits per heavy atom. The van der Waals surface area contributed by atoms with E-state index in [4.69, 9.17) is 14.6 Å². The Kier molecular flexibility index (Phi) is 7.20. The van der Waals surface area contributed by atoms with Gasteiger partial charge in [0.15, 0.2) is 21.3 Å². The second-order valence-corrected chi connectivity index (χ2v) is 11.0. The van der Waals surface area contributed by atoms with Gasteiger partial charge in [-0.25, -0.2) is 18.2 Å². The van der Waals surface area contributed by atoms with E-state index < -0.39 is 9.84 Å². The standard InChI is InChI=1S/C25H32N4O5S/c1-5-19-14-18-15-22(33-3)23(34-4)16-21(18)24(27-29(19)25(30)26-2)17-6-8-20(9-7-17)28-10-12-35(31,32)13-11-28/h6-9,15-16,19H,5,10-14H2,1-4H3,(H,26,30). The Morgan fingerprint density at radius 2 is 1.71 bits per heavy atom. The van der Waals surface area contributed by atoms with E-state index in [0.717, 1.165) is 28.8 Å². The number of benzene rings is 2. The Labute approximate surface area is 206 Å². The highest BCUT2D eigenvalue weighted by Gasteiger charge is 2.30. The Hall–Kier alpha value is -3.27. The van der Waals surface area contributed by atoms with Crippen molar-refractivity contribution >= 4 is 27.3 Å². The number of hydrazone groups is 1. The quantitative estimate of drug-likeness (QED) is 0.678. The van der Waals surface area contributed by atoms with Gasteiger partial charge < -0.3 is 19.7 Å². The van der Waals surface area contributed by atoms with Crippen molar-refractivity contribution in [3.05, 3.63) is 53.1 Å². The third-order valence-electron chi connectivity index (χ3n) is 6.62. The van der Waals surface area contributed by atoms with Gasteiger partial charge in [0.1, 0.15) is 0 Å². The highest BCUT2D eigenvalue weighted by molar-refractivity contribution is 7.91. The van der Waals surface area contributed by atoms with Gasteiger partial charge in [0.25, 0.3) is 0 Å². The summed E-state index contributed by atoms with van der Waals surface area (Å²) in [5, 5.41) is 9.08. The average molecular weight is 501 g/mol. The topological polar surface area (TPSA) is 101 Å². The molecule has 188 valence electrons. The number of hydrogen-bond acceptors (Lipinski definition) is 7. The van der Waals surface area contributed by atoms with Crippen LogP contribution in [0.2, 0.25) is 0 Å². The molecule has 0 spiro atoms. The summed E-state index contributed by atoms with van der Waals surface area (Å²) in [7, 11) is 1.85. The first kappa shape index (κ1) is 24.8. The molecule has 1 N–H and O–H groups in total. The molecule has 1 atom stereocenters. The van der Waals surface area contributed by atoms with E-state index >= 15 is 0 Å². The minimum Gasteiger partial charge on any atom is -0.493 e. The average Bonchev–Trinajstić information content (AvgIpc) is 3.03. The molecule has 0 aromatic heterocycles. The van der Waals surface area contributed by atoms with Crippen molar-refractivity contribution < 1.29 is 22.7 Å². The molecule has 4 rings (SSSR count).